The van der Waals surface area contributed by atoms with E-state index in [1.807, 2.05) is 13.0 Å². The first-order valence-electron chi connectivity index (χ1n) is 5.42. The van der Waals surface area contributed by atoms with Gasteiger partial charge in [0.25, 0.3) is 0 Å². The number of nitrogen functional groups attached to an aromatic ring is 1. The van der Waals surface area contributed by atoms with Gasteiger partial charge in [-0.3, -0.25) is 15.1 Å². The largest absolute Gasteiger partial charge is 0.454 e. The Hall–Kier alpha value is -1.33. The van der Waals surface area contributed by atoms with E-state index >= 15 is 0 Å². The van der Waals surface area contributed by atoms with Gasteiger partial charge in [0.05, 0.1) is 6.54 Å². The van der Waals surface area contributed by atoms with Gasteiger partial charge in [-0.1, -0.05) is 0 Å². The van der Waals surface area contributed by atoms with Gasteiger partial charge in [-0.15, -0.1) is 0 Å². The van der Waals surface area contributed by atoms with Gasteiger partial charge in [0, 0.05) is 11.6 Å². The van der Waals surface area contributed by atoms with Crippen LogP contribution in [0.4, 0.5) is 0 Å². The number of nitrogens with two attached hydrogens (primary N) is 1. The molecule has 0 saturated heterocycles. The topological polar surface area (TPSA) is 71.5 Å². The summed E-state index contributed by atoms with van der Waals surface area (Å²) in [6.45, 7) is 2.58. The van der Waals surface area contributed by atoms with Gasteiger partial charge in [-0.05, 0) is 32.9 Å². The molecule has 1 aromatic heterocycles. The molecule has 1 aromatic rings. The van der Waals surface area contributed by atoms with Crippen molar-refractivity contribution in [1.29, 1.82) is 0 Å². The molecule has 1 fully saturated rings. The maximum Gasteiger partial charge on any atom is 0.301 e. The fraction of sp³-hybridized carbons (Fsp3) is 0.545. The van der Waals surface area contributed by atoms with E-state index in [1.165, 1.54) is 12.8 Å². The molecule has 1 heterocycles. The summed E-state index contributed by atoms with van der Waals surface area (Å²) in [5, 5.41) is 0. The molecule has 1 amide bonds. The number of carbonyl (C=O) groups is 1. The lowest BCUT2D eigenvalue weighted by Crippen LogP contribution is -2.30. The molecule has 0 atom stereocenters. The number of nitrogens with zero attached hydrogens (tertiary/aromatic N) is 1. The third-order valence-electron chi connectivity index (χ3n) is 2.88. The quantitative estimate of drug-likeness (QED) is 0.449. The Labute approximate surface area is 94.6 Å². The Morgan fingerprint density at radius 2 is 2.38 bits per heavy atom. The summed E-state index contributed by atoms with van der Waals surface area (Å²) in [7, 11) is 2.07. The van der Waals surface area contributed by atoms with Crippen molar-refractivity contribution in [2.24, 2.45) is 5.84 Å². The van der Waals surface area contributed by atoms with E-state index in [4.69, 9.17) is 10.3 Å². The van der Waals surface area contributed by atoms with Crippen LogP contribution in [0.1, 0.15) is 34.7 Å². The monoisotopic (exact) mass is 223 g/mol. The SMILES string of the molecule is Cc1cc(CN(C)C2CC2)oc1C(=O)NN. The van der Waals surface area contributed by atoms with Crippen LogP contribution < -0.4 is 11.3 Å². The van der Waals surface area contributed by atoms with Gasteiger partial charge in [-0.2, -0.15) is 0 Å². The zero-order valence-corrected chi connectivity index (χ0v) is 9.62. The van der Waals surface area contributed by atoms with E-state index in [-0.39, 0.29) is 5.91 Å². The molecule has 5 heteroatoms. The third kappa shape index (κ3) is 2.25. The number of aryl methyl sites for hydroxylation is 1. The van der Waals surface area contributed by atoms with Gasteiger partial charge in [0.2, 0.25) is 0 Å². The lowest BCUT2D eigenvalue weighted by molar-refractivity contribution is 0.0921. The summed E-state index contributed by atoms with van der Waals surface area (Å²) in [5.41, 5.74) is 2.90. The molecule has 5 nitrogen and oxygen atoms in total. The zero-order valence-electron chi connectivity index (χ0n) is 9.62. The first-order valence-corrected chi connectivity index (χ1v) is 5.42. The van der Waals surface area contributed by atoms with Crippen molar-refractivity contribution in [3.63, 3.8) is 0 Å². The molecule has 1 aliphatic carbocycles. The molecule has 1 aliphatic rings. The molecule has 2 rings (SSSR count). The van der Waals surface area contributed by atoms with Gasteiger partial charge in [-0.25, -0.2) is 5.84 Å². The second kappa shape index (κ2) is 4.27. The summed E-state index contributed by atoms with van der Waals surface area (Å²) in [4.78, 5) is 13.6. The van der Waals surface area contributed by atoms with Crippen molar-refractivity contribution in [1.82, 2.24) is 10.3 Å². The maximum atomic E-state index is 11.3. The third-order valence-corrected chi connectivity index (χ3v) is 2.88. The molecular formula is C11H17N3O2. The van der Waals surface area contributed by atoms with Crippen LogP contribution in [0.5, 0.6) is 0 Å². The number of furan rings is 1. The number of carbonyl (C=O) groups excluding carboxylic acids is 1. The fourth-order valence-electron chi connectivity index (χ4n) is 1.81. The average molecular weight is 223 g/mol. The Morgan fingerprint density at radius 3 is 2.94 bits per heavy atom. The second-order valence-corrected chi connectivity index (χ2v) is 4.34. The summed E-state index contributed by atoms with van der Waals surface area (Å²) < 4.78 is 5.48. The lowest BCUT2D eigenvalue weighted by Gasteiger charge is -2.12. The van der Waals surface area contributed by atoms with Gasteiger partial charge < -0.3 is 4.42 Å². The summed E-state index contributed by atoms with van der Waals surface area (Å²) >= 11 is 0. The van der Waals surface area contributed by atoms with E-state index in [1.54, 1.807) is 0 Å². The average Bonchev–Trinajstić information content (AvgIpc) is 3.03. The molecule has 0 radical (unpaired) electrons. The summed E-state index contributed by atoms with van der Waals surface area (Å²) in [5.74, 6) is 5.81. The van der Waals surface area contributed by atoms with Crippen molar-refractivity contribution >= 4 is 5.91 Å². The molecule has 1 saturated carbocycles. The Balaban J connectivity index is 2.07. The molecule has 0 aliphatic heterocycles. The van der Waals surface area contributed by atoms with Crippen molar-refractivity contribution in [3.8, 4) is 0 Å². The molecular weight excluding hydrogens is 206 g/mol. The van der Waals surface area contributed by atoms with Gasteiger partial charge in [0.15, 0.2) is 5.76 Å². The molecule has 0 spiro atoms. The molecule has 3 N–H and O–H groups in total. The van der Waals surface area contributed by atoms with Crippen LogP contribution >= 0.6 is 0 Å². The van der Waals surface area contributed by atoms with Crippen LogP contribution in [-0.2, 0) is 6.54 Å². The Morgan fingerprint density at radius 1 is 1.69 bits per heavy atom. The van der Waals surface area contributed by atoms with Crippen molar-refractivity contribution in [2.45, 2.75) is 32.4 Å². The highest BCUT2D eigenvalue weighted by Gasteiger charge is 2.27. The van der Waals surface area contributed by atoms with E-state index < -0.39 is 0 Å². The maximum absolute atomic E-state index is 11.3. The highest BCUT2D eigenvalue weighted by Crippen LogP contribution is 2.27. The van der Waals surface area contributed by atoms with Crippen LogP contribution in [0, 0.1) is 6.92 Å². The van der Waals surface area contributed by atoms with Crippen LogP contribution in [0.15, 0.2) is 10.5 Å². The second-order valence-electron chi connectivity index (χ2n) is 4.34. The van der Waals surface area contributed by atoms with Crippen molar-refractivity contribution in [3.05, 3.63) is 23.2 Å². The highest BCUT2D eigenvalue weighted by molar-refractivity contribution is 5.92. The van der Waals surface area contributed by atoms with E-state index in [0.717, 1.165) is 17.9 Å². The molecule has 88 valence electrons. The van der Waals surface area contributed by atoms with E-state index in [0.29, 0.717) is 11.8 Å². The van der Waals surface area contributed by atoms with Gasteiger partial charge >= 0.3 is 5.91 Å². The van der Waals surface area contributed by atoms with E-state index in [9.17, 15) is 4.79 Å². The summed E-state index contributed by atoms with van der Waals surface area (Å²) in [6, 6.07) is 2.57. The predicted octanol–water partition coefficient (Wildman–Crippen LogP) is 0.786. The lowest BCUT2D eigenvalue weighted by atomic mass is 10.2. The summed E-state index contributed by atoms with van der Waals surface area (Å²) in [6.07, 6.45) is 2.51. The fourth-order valence-corrected chi connectivity index (χ4v) is 1.81. The predicted molar refractivity (Wildman–Crippen MR) is 59.6 cm³/mol. The number of hydrazine groups is 1. The van der Waals surface area contributed by atoms with Crippen molar-refractivity contribution < 1.29 is 9.21 Å². The van der Waals surface area contributed by atoms with Crippen LogP contribution in [0.25, 0.3) is 0 Å². The van der Waals surface area contributed by atoms with Crippen LogP contribution in [-0.4, -0.2) is 23.9 Å². The minimum Gasteiger partial charge on any atom is -0.454 e. The zero-order chi connectivity index (χ0) is 11.7. The molecule has 16 heavy (non-hydrogen) atoms. The Bertz CT molecular complexity index is 396. The van der Waals surface area contributed by atoms with Crippen LogP contribution in [0.2, 0.25) is 0 Å². The number of rotatable bonds is 4. The van der Waals surface area contributed by atoms with E-state index in [2.05, 4.69) is 17.4 Å². The first kappa shape index (κ1) is 11.2. The van der Waals surface area contributed by atoms with Gasteiger partial charge in [0.1, 0.15) is 5.76 Å². The van der Waals surface area contributed by atoms with Crippen LogP contribution in [0.3, 0.4) is 0 Å². The molecule has 0 bridgehead atoms. The smallest absolute Gasteiger partial charge is 0.301 e. The van der Waals surface area contributed by atoms with Crippen molar-refractivity contribution in [2.75, 3.05) is 7.05 Å². The Kier molecular flexibility index (Phi) is 2.98. The number of amides is 1. The number of nitrogens with one attached hydrogen (secondary N) is 1. The highest BCUT2D eigenvalue weighted by atomic mass is 16.4. The molecule has 0 unspecified atom stereocenters. The standard InChI is InChI=1S/C11H17N3O2/c1-7-5-9(6-14(2)8-3-4-8)16-10(7)11(15)13-12/h5,8H,3-4,6,12H2,1-2H3,(H,13,15). The first-order chi connectivity index (χ1) is 7.61. The minimum absolute atomic E-state index is 0.307. The number of hydrogen-bond donors (Lipinski definition) is 2. The minimum atomic E-state index is -0.377. The molecule has 0 aromatic carbocycles. The number of hydrogen-bond acceptors (Lipinski definition) is 4. The normalized spacial score (nSPS) is 15.5.